The van der Waals surface area contributed by atoms with Gasteiger partial charge in [-0.05, 0) is 74.4 Å². The SMILES string of the molecule is CCCCCCc1ccc(-c2cc(CCCCCC)c(-c3ccc(CCCCCC)s3)s2)s1. The van der Waals surface area contributed by atoms with Crippen LogP contribution in [0.2, 0.25) is 0 Å². The van der Waals surface area contributed by atoms with Crippen LogP contribution < -0.4 is 0 Å². The summed E-state index contributed by atoms with van der Waals surface area (Å²) in [6.45, 7) is 6.89. The van der Waals surface area contributed by atoms with Gasteiger partial charge in [-0.25, -0.2) is 0 Å². The molecule has 0 N–H and O–H groups in total. The number of hydrogen-bond donors (Lipinski definition) is 0. The van der Waals surface area contributed by atoms with E-state index in [0.29, 0.717) is 0 Å². The smallest absolute Gasteiger partial charge is 0.0481 e. The van der Waals surface area contributed by atoms with Crippen molar-refractivity contribution < 1.29 is 0 Å². The van der Waals surface area contributed by atoms with Crippen molar-refractivity contribution in [2.75, 3.05) is 0 Å². The van der Waals surface area contributed by atoms with Gasteiger partial charge < -0.3 is 0 Å². The second kappa shape index (κ2) is 15.2. The Kier molecular flexibility index (Phi) is 12.3. The molecule has 0 aromatic carbocycles. The van der Waals surface area contributed by atoms with Crippen LogP contribution in [0.15, 0.2) is 30.3 Å². The fraction of sp³-hybridized carbons (Fsp3) is 0.600. The molecule has 0 aliphatic carbocycles. The van der Waals surface area contributed by atoms with Crippen LogP contribution >= 0.6 is 34.0 Å². The third-order valence-corrected chi connectivity index (χ3v) is 10.3. The van der Waals surface area contributed by atoms with Crippen LogP contribution in [-0.4, -0.2) is 0 Å². The molecule has 182 valence electrons. The zero-order valence-electron chi connectivity index (χ0n) is 21.2. The monoisotopic (exact) mass is 500 g/mol. The second-order valence-electron chi connectivity index (χ2n) is 9.43. The van der Waals surface area contributed by atoms with E-state index >= 15 is 0 Å². The lowest BCUT2D eigenvalue weighted by Crippen LogP contribution is -1.85. The fourth-order valence-corrected chi connectivity index (χ4v) is 7.95. The van der Waals surface area contributed by atoms with Crippen molar-refractivity contribution in [3.8, 4) is 19.5 Å². The highest BCUT2D eigenvalue weighted by atomic mass is 32.1. The van der Waals surface area contributed by atoms with E-state index in [9.17, 15) is 0 Å². The summed E-state index contributed by atoms with van der Waals surface area (Å²) in [6.07, 6.45) is 19.9. The van der Waals surface area contributed by atoms with Crippen molar-refractivity contribution in [3.05, 3.63) is 45.6 Å². The zero-order chi connectivity index (χ0) is 23.3. The third-order valence-electron chi connectivity index (χ3n) is 6.45. The molecule has 0 radical (unpaired) electrons. The largest absolute Gasteiger partial charge is 0.139 e. The molecule has 3 heterocycles. The van der Waals surface area contributed by atoms with Crippen LogP contribution in [0.25, 0.3) is 19.5 Å². The summed E-state index contributed by atoms with van der Waals surface area (Å²) in [7, 11) is 0. The van der Waals surface area contributed by atoms with Crippen LogP contribution in [0, 0.1) is 0 Å². The third kappa shape index (κ3) is 8.67. The Morgan fingerprint density at radius 1 is 0.485 bits per heavy atom. The predicted molar refractivity (Wildman–Crippen MR) is 154 cm³/mol. The predicted octanol–water partition coefficient (Wildman–Crippen LogP) is 11.6. The molecule has 0 bridgehead atoms. The molecule has 3 aromatic heterocycles. The average molecular weight is 501 g/mol. The Morgan fingerprint density at radius 3 is 1.58 bits per heavy atom. The van der Waals surface area contributed by atoms with Gasteiger partial charge in [-0.3, -0.25) is 0 Å². The van der Waals surface area contributed by atoms with Crippen molar-refractivity contribution in [3.63, 3.8) is 0 Å². The summed E-state index contributed by atoms with van der Waals surface area (Å²) in [5.74, 6) is 0. The Labute approximate surface area is 215 Å². The molecular formula is C30H44S3. The summed E-state index contributed by atoms with van der Waals surface area (Å²) in [5, 5.41) is 0. The molecule has 3 aromatic rings. The first kappa shape index (κ1) is 26.7. The highest BCUT2D eigenvalue weighted by Gasteiger charge is 2.15. The van der Waals surface area contributed by atoms with Gasteiger partial charge in [0.15, 0.2) is 0 Å². The number of aryl methyl sites for hydroxylation is 3. The first-order valence-electron chi connectivity index (χ1n) is 13.6. The number of thiophene rings is 3. The molecule has 33 heavy (non-hydrogen) atoms. The average Bonchev–Trinajstić information content (AvgIpc) is 3.57. The molecule has 0 aliphatic heterocycles. The molecule has 0 saturated carbocycles. The van der Waals surface area contributed by atoms with Gasteiger partial charge in [0.05, 0.1) is 0 Å². The molecule has 0 saturated heterocycles. The highest BCUT2D eigenvalue weighted by Crippen LogP contribution is 2.43. The summed E-state index contributed by atoms with van der Waals surface area (Å²) in [5.41, 5.74) is 1.59. The minimum absolute atomic E-state index is 1.23. The normalized spacial score (nSPS) is 11.5. The van der Waals surface area contributed by atoms with Crippen molar-refractivity contribution in [2.24, 2.45) is 0 Å². The lowest BCUT2D eigenvalue weighted by molar-refractivity contribution is 0.668. The molecule has 3 heteroatoms. The lowest BCUT2D eigenvalue weighted by atomic mass is 10.1. The number of unbranched alkanes of at least 4 members (excludes halogenated alkanes) is 9. The van der Waals surface area contributed by atoms with Crippen LogP contribution in [0.5, 0.6) is 0 Å². The molecule has 0 unspecified atom stereocenters. The molecule has 0 aliphatic rings. The van der Waals surface area contributed by atoms with E-state index in [2.05, 4.69) is 51.1 Å². The Morgan fingerprint density at radius 2 is 1.00 bits per heavy atom. The lowest BCUT2D eigenvalue weighted by Gasteiger charge is -2.02. The summed E-state index contributed by atoms with van der Waals surface area (Å²) in [6, 6.07) is 12.1. The van der Waals surface area contributed by atoms with Gasteiger partial charge in [0.1, 0.15) is 0 Å². The van der Waals surface area contributed by atoms with Crippen molar-refractivity contribution in [1.29, 1.82) is 0 Å². The van der Waals surface area contributed by atoms with E-state index < -0.39 is 0 Å². The minimum Gasteiger partial charge on any atom is -0.139 e. The van der Waals surface area contributed by atoms with E-state index in [1.54, 1.807) is 20.2 Å². The highest BCUT2D eigenvalue weighted by molar-refractivity contribution is 7.26. The van der Waals surface area contributed by atoms with Crippen molar-refractivity contribution >= 4 is 34.0 Å². The van der Waals surface area contributed by atoms with Gasteiger partial charge in [0, 0.05) is 29.3 Å². The van der Waals surface area contributed by atoms with Crippen LogP contribution in [0.1, 0.15) is 113 Å². The first-order valence-corrected chi connectivity index (χ1v) is 16.0. The number of rotatable bonds is 17. The van der Waals surface area contributed by atoms with E-state index in [1.807, 2.05) is 34.0 Å². The van der Waals surface area contributed by atoms with Crippen molar-refractivity contribution in [2.45, 2.75) is 117 Å². The van der Waals surface area contributed by atoms with Gasteiger partial charge in [-0.15, -0.1) is 34.0 Å². The Balaban J connectivity index is 1.72. The molecule has 0 fully saturated rings. The van der Waals surface area contributed by atoms with Gasteiger partial charge in [-0.2, -0.15) is 0 Å². The number of hydrogen-bond acceptors (Lipinski definition) is 3. The Hall–Kier alpha value is -0.900. The zero-order valence-corrected chi connectivity index (χ0v) is 23.7. The van der Waals surface area contributed by atoms with E-state index in [4.69, 9.17) is 0 Å². The second-order valence-corrected chi connectivity index (χ2v) is 12.8. The molecule has 0 amide bonds. The van der Waals surface area contributed by atoms with Crippen molar-refractivity contribution in [1.82, 2.24) is 0 Å². The molecular weight excluding hydrogens is 457 g/mol. The maximum atomic E-state index is 2.53. The molecule has 0 spiro atoms. The summed E-state index contributed by atoms with van der Waals surface area (Å²) >= 11 is 6.11. The van der Waals surface area contributed by atoms with Crippen LogP contribution in [0.4, 0.5) is 0 Å². The molecule has 0 nitrogen and oxygen atoms in total. The van der Waals surface area contributed by atoms with Crippen LogP contribution in [-0.2, 0) is 19.3 Å². The quantitative estimate of drug-likeness (QED) is 0.162. The first-order chi connectivity index (χ1) is 16.2. The van der Waals surface area contributed by atoms with Gasteiger partial charge in [0.2, 0.25) is 0 Å². The van der Waals surface area contributed by atoms with Gasteiger partial charge in [-0.1, -0.05) is 78.6 Å². The topological polar surface area (TPSA) is 0 Å². The van der Waals surface area contributed by atoms with Crippen LogP contribution in [0.3, 0.4) is 0 Å². The maximum absolute atomic E-state index is 2.53. The van der Waals surface area contributed by atoms with E-state index in [-0.39, 0.29) is 0 Å². The summed E-state index contributed by atoms with van der Waals surface area (Å²) < 4.78 is 0. The molecule has 0 atom stereocenters. The fourth-order valence-electron chi connectivity index (χ4n) is 4.42. The van der Waals surface area contributed by atoms with Gasteiger partial charge in [0.25, 0.3) is 0 Å². The van der Waals surface area contributed by atoms with Gasteiger partial charge >= 0.3 is 0 Å². The minimum atomic E-state index is 1.23. The van der Waals surface area contributed by atoms with E-state index in [1.165, 1.54) is 111 Å². The standard InChI is InChI=1S/C30H44S3/c1-4-7-10-13-16-24-23-29(27-21-19-25(31-27)17-14-11-8-5-2)33-30(24)28-22-20-26(32-28)18-15-12-9-6-3/h19-23H,4-18H2,1-3H3. The van der Waals surface area contributed by atoms with E-state index in [0.717, 1.165) is 0 Å². The maximum Gasteiger partial charge on any atom is 0.0481 e. The Bertz CT molecular complexity index is 911. The molecule has 3 rings (SSSR count). The summed E-state index contributed by atoms with van der Waals surface area (Å²) in [4.78, 5) is 9.13.